The van der Waals surface area contributed by atoms with Gasteiger partial charge in [-0.3, -0.25) is 0 Å². The summed E-state index contributed by atoms with van der Waals surface area (Å²) in [6, 6.07) is 0.0911. The van der Waals surface area contributed by atoms with Gasteiger partial charge in [0.15, 0.2) is 0 Å². The number of carbonyl (C=O) groups is 1. The molecule has 0 unspecified atom stereocenters. The molecule has 2 N–H and O–H groups in total. The summed E-state index contributed by atoms with van der Waals surface area (Å²) in [7, 11) is 0. The highest BCUT2D eigenvalue weighted by Gasteiger charge is 2.28. The van der Waals surface area contributed by atoms with Crippen molar-refractivity contribution in [1.82, 2.24) is 15.5 Å². The van der Waals surface area contributed by atoms with Crippen molar-refractivity contribution in [1.29, 1.82) is 0 Å². The second-order valence-electron chi connectivity index (χ2n) is 4.91. The second-order valence-corrected chi connectivity index (χ2v) is 4.91. The lowest BCUT2D eigenvalue weighted by Gasteiger charge is -2.26. The Morgan fingerprint density at radius 1 is 1.47 bits per heavy atom. The first-order valence-corrected chi connectivity index (χ1v) is 5.97. The highest BCUT2D eigenvalue weighted by Crippen LogP contribution is 2.28. The summed E-state index contributed by atoms with van der Waals surface area (Å²) in [6.45, 7) is 5.71. The lowest BCUT2D eigenvalue weighted by Crippen LogP contribution is -2.44. The van der Waals surface area contributed by atoms with Crippen LogP contribution < -0.4 is 10.6 Å². The van der Waals surface area contributed by atoms with Gasteiger partial charge in [0, 0.05) is 31.7 Å². The summed E-state index contributed by atoms with van der Waals surface area (Å²) < 4.78 is 0. The van der Waals surface area contributed by atoms with Crippen LogP contribution in [0.25, 0.3) is 0 Å². The van der Waals surface area contributed by atoms with Crippen LogP contribution in [0.3, 0.4) is 0 Å². The molecule has 1 aliphatic heterocycles. The Balaban J connectivity index is 1.68. The molecule has 15 heavy (non-hydrogen) atoms. The third-order valence-corrected chi connectivity index (χ3v) is 3.59. The topological polar surface area (TPSA) is 44.4 Å². The minimum absolute atomic E-state index is 0.0911. The lowest BCUT2D eigenvalue weighted by atomic mass is 10.0. The fraction of sp³-hybridized carbons (Fsp3) is 0.909. The first-order chi connectivity index (χ1) is 7.20. The number of hydrogen-bond donors (Lipinski definition) is 2. The molecule has 2 fully saturated rings. The first-order valence-electron chi connectivity index (χ1n) is 5.97. The van der Waals surface area contributed by atoms with Crippen LogP contribution >= 0.6 is 0 Å². The molecule has 2 rings (SSSR count). The summed E-state index contributed by atoms with van der Waals surface area (Å²) in [6.07, 6.45) is 5.24. The predicted molar refractivity (Wildman–Crippen MR) is 59.8 cm³/mol. The Bertz CT molecular complexity index is 236. The van der Waals surface area contributed by atoms with E-state index in [1.807, 2.05) is 4.90 Å². The van der Waals surface area contributed by atoms with Crippen molar-refractivity contribution < 1.29 is 4.79 Å². The Labute approximate surface area is 91.4 Å². The minimum Gasteiger partial charge on any atom is -0.336 e. The highest BCUT2D eigenvalue weighted by atomic mass is 16.2. The number of rotatable bonds is 4. The first kappa shape index (κ1) is 10.7. The van der Waals surface area contributed by atoms with Gasteiger partial charge < -0.3 is 15.5 Å². The average Bonchev–Trinajstić information content (AvgIpc) is 2.78. The van der Waals surface area contributed by atoms with Crippen molar-refractivity contribution in [2.24, 2.45) is 0 Å². The molecule has 1 saturated carbocycles. The molecule has 1 saturated heterocycles. The molecule has 0 bridgehead atoms. The molecule has 0 aromatic carbocycles. The van der Waals surface area contributed by atoms with E-state index in [-0.39, 0.29) is 6.03 Å². The van der Waals surface area contributed by atoms with Crippen molar-refractivity contribution >= 4 is 6.03 Å². The van der Waals surface area contributed by atoms with Gasteiger partial charge in [-0.2, -0.15) is 0 Å². The number of nitrogens with zero attached hydrogens (tertiary/aromatic N) is 1. The average molecular weight is 211 g/mol. The van der Waals surface area contributed by atoms with E-state index in [9.17, 15) is 4.79 Å². The zero-order valence-electron chi connectivity index (χ0n) is 9.51. The summed E-state index contributed by atoms with van der Waals surface area (Å²) in [5.74, 6) is 0. The van der Waals surface area contributed by atoms with Crippen LogP contribution in [0, 0.1) is 0 Å². The maximum absolute atomic E-state index is 11.3. The van der Waals surface area contributed by atoms with Crippen LogP contribution in [0.15, 0.2) is 0 Å². The molecule has 0 atom stereocenters. The van der Waals surface area contributed by atoms with Crippen LogP contribution in [0.4, 0.5) is 4.79 Å². The van der Waals surface area contributed by atoms with Gasteiger partial charge in [-0.25, -0.2) is 4.79 Å². The normalized spacial score (nSPS) is 24.6. The Morgan fingerprint density at radius 2 is 2.20 bits per heavy atom. The second kappa shape index (κ2) is 4.39. The van der Waals surface area contributed by atoms with Crippen LogP contribution in [-0.4, -0.2) is 42.6 Å². The van der Waals surface area contributed by atoms with Crippen LogP contribution in [0.2, 0.25) is 0 Å². The summed E-state index contributed by atoms with van der Waals surface area (Å²) in [4.78, 5) is 13.1. The third-order valence-electron chi connectivity index (χ3n) is 3.59. The number of amides is 2. The number of carbonyl (C=O) groups excluding carboxylic acids is 1. The molecule has 0 aromatic rings. The van der Waals surface area contributed by atoms with Crippen LogP contribution in [0.1, 0.15) is 32.6 Å². The van der Waals surface area contributed by atoms with E-state index in [0.717, 1.165) is 26.2 Å². The van der Waals surface area contributed by atoms with Gasteiger partial charge in [0.1, 0.15) is 0 Å². The van der Waals surface area contributed by atoms with Gasteiger partial charge in [0.05, 0.1) is 0 Å². The highest BCUT2D eigenvalue weighted by molar-refractivity contribution is 5.76. The standard InChI is InChI=1S/C11H21N3O/c1-11(4-2-3-5-11)13-7-9-14-8-6-12-10(14)15/h13H,2-9H2,1H3,(H,12,15). The number of hydrogen-bond acceptors (Lipinski definition) is 2. The maximum atomic E-state index is 11.3. The molecular weight excluding hydrogens is 190 g/mol. The largest absolute Gasteiger partial charge is 0.336 e. The minimum atomic E-state index is 0.0911. The van der Waals surface area contributed by atoms with Crippen molar-refractivity contribution in [3.8, 4) is 0 Å². The van der Waals surface area contributed by atoms with Crippen molar-refractivity contribution in [3.63, 3.8) is 0 Å². The fourth-order valence-corrected chi connectivity index (χ4v) is 2.55. The van der Waals surface area contributed by atoms with Crippen molar-refractivity contribution in [3.05, 3.63) is 0 Å². The number of urea groups is 1. The monoisotopic (exact) mass is 211 g/mol. The summed E-state index contributed by atoms with van der Waals surface area (Å²) in [5.41, 5.74) is 0.330. The Hall–Kier alpha value is -0.770. The van der Waals surface area contributed by atoms with Gasteiger partial charge in [-0.1, -0.05) is 12.8 Å². The Morgan fingerprint density at radius 3 is 2.80 bits per heavy atom. The van der Waals surface area contributed by atoms with E-state index in [1.54, 1.807) is 0 Å². The summed E-state index contributed by atoms with van der Waals surface area (Å²) in [5, 5.41) is 6.40. The molecule has 2 aliphatic rings. The van der Waals surface area contributed by atoms with E-state index < -0.39 is 0 Å². The molecule has 4 nitrogen and oxygen atoms in total. The van der Waals surface area contributed by atoms with Crippen molar-refractivity contribution in [2.75, 3.05) is 26.2 Å². The zero-order chi connectivity index (χ0) is 10.7. The smallest absolute Gasteiger partial charge is 0.317 e. The van der Waals surface area contributed by atoms with E-state index in [2.05, 4.69) is 17.6 Å². The summed E-state index contributed by atoms with van der Waals surface area (Å²) >= 11 is 0. The lowest BCUT2D eigenvalue weighted by molar-refractivity contribution is 0.215. The van der Waals surface area contributed by atoms with Crippen LogP contribution in [-0.2, 0) is 0 Å². The molecule has 1 aliphatic carbocycles. The third kappa shape index (κ3) is 2.62. The van der Waals surface area contributed by atoms with Gasteiger partial charge in [-0.15, -0.1) is 0 Å². The van der Waals surface area contributed by atoms with E-state index in [1.165, 1.54) is 25.7 Å². The SMILES string of the molecule is CC1(NCCN2CCNC2=O)CCCC1. The molecule has 0 spiro atoms. The van der Waals surface area contributed by atoms with Gasteiger partial charge in [0.2, 0.25) is 0 Å². The molecule has 4 heteroatoms. The van der Waals surface area contributed by atoms with Gasteiger partial charge >= 0.3 is 6.03 Å². The van der Waals surface area contributed by atoms with Gasteiger partial charge in [0.25, 0.3) is 0 Å². The quantitative estimate of drug-likeness (QED) is 0.726. The zero-order valence-corrected chi connectivity index (χ0v) is 9.51. The van der Waals surface area contributed by atoms with Gasteiger partial charge in [-0.05, 0) is 19.8 Å². The molecular formula is C11H21N3O. The van der Waals surface area contributed by atoms with E-state index >= 15 is 0 Å². The molecule has 0 aromatic heterocycles. The molecule has 86 valence electrons. The van der Waals surface area contributed by atoms with E-state index in [0.29, 0.717) is 5.54 Å². The Kier molecular flexibility index (Phi) is 3.14. The molecule has 0 radical (unpaired) electrons. The molecule has 2 amide bonds. The number of nitrogens with one attached hydrogen (secondary N) is 2. The maximum Gasteiger partial charge on any atom is 0.317 e. The molecule has 1 heterocycles. The van der Waals surface area contributed by atoms with Crippen molar-refractivity contribution in [2.45, 2.75) is 38.1 Å². The predicted octanol–water partition coefficient (Wildman–Crippen LogP) is 0.934. The van der Waals surface area contributed by atoms with Crippen LogP contribution in [0.5, 0.6) is 0 Å². The fourth-order valence-electron chi connectivity index (χ4n) is 2.55. The van der Waals surface area contributed by atoms with E-state index in [4.69, 9.17) is 0 Å².